The molecule has 1 fully saturated rings. The van der Waals surface area contributed by atoms with E-state index in [0.29, 0.717) is 42.4 Å². The van der Waals surface area contributed by atoms with Gasteiger partial charge in [0, 0.05) is 5.92 Å². The molecule has 146 valence electrons. The van der Waals surface area contributed by atoms with Crippen molar-refractivity contribution in [3.05, 3.63) is 47.1 Å². The summed E-state index contributed by atoms with van der Waals surface area (Å²) in [6, 6.07) is 4.70. The van der Waals surface area contributed by atoms with Gasteiger partial charge in [0.2, 0.25) is 5.82 Å². The van der Waals surface area contributed by atoms with Gasteiger partial charge in [0.05, 0.1) is 47.2 Å². The van der Waals surface area contributed by atoms with E-state index in [1.807, 2.05) is 0 Å². The molecule has 2 aromatic heterocycles. The standard InChI is InChI=1S/C18H14ClF3N4O2/c19-11-6-23-17(24-7-11)28-14-3-1-2-12-15(14)13(5-4-10-8-27-9-10)26-16(25-12)18(20,21)22/h1-3,6-7,10H,4-5,8-9H2. The van der Waals surface area contributed by atoms with Crippen molar-refractivity contribution in [3.8, 4) is 11.8 Å². The van der Waals surface area contributed by atoms with E-state index < -0.39 is 12.0 Å². The Kier molecular flexibility index (Phi) is 5.03. The van der Waals surface area contributed by atoms with Crippen LogP contribution >= 0.6 is 11.6 Å². The van der Waals surface area contributed by atoms with Crippen LogP contribution in [0.5, 0.6) is 11.8 Å². The lowest BCUT2D eigenvalue weighted by molar-refractivity contribution is -0.144. The number of alkyl halides is 3. The van der Waals surface area contributed by atoms with Crippen LogP contribution in [-0.4, -0.2) is 33.1 Å². The van der Waals surface area contributed by atoms with Crippen LogP contribution in [0.1, 0.15) is 17.9 Å². The van der Waals surface area contributed by atoms with Crippen molar-refractivity contribution in [2.45, 2.75) is 19.0 Å². The summed E-state index contributed by atoms with van der Waals surface area (Å²) in [5.41, 5.74) is 0.419. The van der Waals surface area contributed by atoms with Crippen LogP contribution in [0.15, 0.2) is 30.6 Å². The van der Waals surface area contributed by atoms with E-state index in [9.17, 15) is 13.2 Å². The van der Waals surface area contributed by atoms with Gasteiger partial charge in [0.15, 0.2) is 0 Å². The van der Waals surface area contributed by atoms with Crippen molar-refractivity contribution in [3.63, 3.8) is 0 Å². The predicted molar refractivity (Wildman–Crippen MR) is 94.3 cm³/mol. The molecule has 0 atom stereocenters. The van der Waals surface area contributed by atoms with Gasteiger partial charge in [-0.05, 0) is 25.0 Å². The number of aromatic nitrogens is 4. The SMILES string of the molecule is FC(F)(F)c1nc(CCC2COC2)c2c(Oc3ncc(Cl)cn3)cccc2n1. The number of hydrogen-bond donors (Lipinski definition) is 0. The minimum absolute atomic E-state index is 0.0233. The Morgan fingerprint density at radius 1 is 1.14 bits per heavy atom. The number of ether oxygens (including phenoxy) is 2. The largest absolute Gasteiger partial charge is 0.451 e. The molecule has 10 heteroatoms. The van der Waals surface area contributed by atoms with Crippen molar-refractivity contribution in [2.75, 3.05) is 13.2 Å². The first-order valence-corrected chi connectivity index (χ1v) is 8.88. The summed E-state index contributed by atoms with van der Waals surface area (Å²) in [5.74, 6) is -0.569. The maximum absolute atomic E-state index is 13.2. The summed E-state index contributed by atoms with van der Waals surface area (Å²) in [6.45, 7) is 1.22. The molecule has 1 saturated heterocycles. The zero-order valence-corrected chi connectivity index (χ0v) is 15.2. The molecule has 28 heavy (non-hydrogen) atoms. The summed E-state index contributed by atoms with van der Waals surface area (Å²) < 4.78 is 50.6. The number of fused-ring (bicyclic) bond motifs is 1. The van der Waals surface area contributed by atoms with Crippen LogP contribution in [-0.2, 0) is 17.3 Å². The lowest BCUT2D eigenvalue weighted by Crippen LogP contribution is -2.28. The highest BCUT2D eigenvalue weighted by Crippen LogP contribution is 2.34. The second-order valence-electron chi connectivity index (χ2n) is 6.37. The molecular formula is C18H14ClF3N4O2. The molecular weight excluding hydrogens is 397 g/mol. The summed E-state index contributed by atoms with van der Waals surface area (Å²) in [6.07, 6.45) is -0.901. The number of rotatable bonds is 5. The first-order chi connectivity index (χ1) is 13.4. The van der Waals surface area contributed by atoms with Gasteiger partial charge in [-0.3, -0.25) is 0 Å². The maximum atomic E-state index is 13.2. The monoisotopic (exact) mass is 410 g/mol. The van der Waals surface area contributed by atoms with Crippen molar-refractivity contribution >= 4 is 22.5 Å². The van der Waals surface area contributed by atoms with Gasteiger partial charge in [0.25, 0.3) is 0 Å². The highest BCUT2D eigenvalue weighted by atomic mass is 35.5. The fraction of sp³-hybridized carbons (Fsp3) is 0.333. The Morgan fingerprint density at radius 3 is 2.54 bits per heavy atom. The Morgan fingerprint density at radius 2 is 1.89 bits per heavy atom. The van der Waals surface area contributed by atoms with Gasteiger partial charge < -0.3 is 9.47 Å². The van der Waals surface area contributed by atoms with Gasteiger partial charge >= 0.3 is 12.2 Å². The molecule has 1 aliphatic rings. The van der Waals surface area contributed by atoms with Gasteiger partial charge in [-0.1, -0.05) is 17.7 Å². The molecule has 0 spiro atoms. The molecule has 4 rings (SSSR count). The summed E-state index contributed by atoms with van der Waals surface area (Å²) in [7, 11) is 0. The molecule has 0 radical (unpaired) electrons. The minimum atomic E-state index is -4.64. The van der Waals surface area contributed by atoms with E-state index >= 15 is 0 Å². The minimum Gasteiger partial charge on any atom is -0.424 e. The molecule has 0 aliphatic carbocycles. The second kappa shape index (κ2) is 7.48. The van der Waals surface area contributed by atoms with E-state index in [1.54, 1.807) is 12.1 Å². The van der Waals surface area contributed by atoms with Crippen LogP contribution in [0, 0.1) is 5.92 Å². The molecule has 0 saturated carbocycles. The fourth-order valence-corrected chi connectivity index (χ4v) is 2.96. The Labute approximate surface area is 162 Å². The van der Waals surface area contributed by atoms with Crippen LogP contribution in [0.25, 0.3) is 10.9 Å². The Hall–Kier alpha value is -2.52. The number of nitrogens with zero attached hydrogens (tertiary/aromatic N) is 4. The topological polar surface area (TPSA) is 70.0 Å². The van der Waals surface area contributed by atoms with E-state index in [1.165, 1.54) is 18.5 Å². The zero-order chi connectivity index (χ0) is 19.7. The molecule has 3 aromatic rings. The van der Waals surface area contributed by atoms with Crippen LogP contribution in [0.4, 0.5) is 13.2 Å². The summed E-state index contributed by atoms with van der Waals surface area (Å²) >= 11 is 5.77. The van der Waals surface area contributed by atoms with Crippen molar-refractivity contribution in [2.24, 2.45) is 5.92 Å². The fourth-order valence-electron chi connectivity index (χ4n) is 2.86. The molecule has 0 unspecified atom stereocenters. The third kappa shape index (κ3) is 4.00. The van der Waals surface area contributed by atoms with Crippen LogP contribution in [0.2, 0.25) is 5.02 Å². The van der Waals surface area contributed by atoms with Crippen LogP contribution in [0.3, 0.4) is 0 Å². The Bertz CT molecular complexity index is 995. The van der Waals surface area contributed by atoms with Gasteiger partial charge in [-0.25, -0.2) is 19.9 Å². The first-order valence-electron chi connectivity index (χ1n) is 8.50. The smallest absolute Gasteiger partial charge is 0.424 e. The number of halogens is 4. The van der Waals surface area contributed by atoms with E-state index in [4.69, 9.17) is 21.1 Å². The normalized spacial score (nSPS) is 14.9. The van der Waals surface area contributed by atoms with Gasteiger partial charge in [-0.15, -0.1) is 0 Å². The molecule has 6 nitrogen and oxygen atoms in total. The van der Waals surface area contributed by atoms with E-state index in [2.05, 4.69) is 19.9 Å². The zero-order valence-electron chi connectivity index (χ0n) is 14.4. The number of aryl methyl sites for hydroxylation is 1. The first kappa shape index (κ1) is 18.8. The van der Waals surface area contributed by atoms with E-state index in [-0.39, 0.29) is 23.0 Å². The second-order valence-corrected chi connectivity index (χ2v) is 6.81. The summed E-state index contributed by atoms with van der Waals surface area (Å²) in [4.78, 5) is 15.4. The molecule has 1 aromatic carbocycles. The lowest BCUT2D eigenvalue weighted by atomic mass is 9.98. The average Bonchev–Trinajstić information content (AvgIpc) is 2.61. The van der Waals surface area contributed by atoms with Crippen molar-refractivity contribution in [1.29, 1.82) is 0 Å². The summed E-state index contributed by atoms with van der Waals surface area (Å²) in [5, 5.41) is 0.751. The van der Waals surface area contributed by atoms with Crippen molar-refractivity contribution < 1.29 is 22.6 Å². The predicted octanol–water partition coefficient (Wildman–Crippen LogP) is 4.46. The lowest BCUT2D eigenvalue weighted by Gasteiger charge is -2.25. The Balaban J connectivity index is 1.77. The third-order valence-corrected chi connectivity index (χ3v) is 4.50. The molecule has 1 aliphatic heterocycles. The van der Waals surface area contributed by atoms with Gasteiger partial charge in [0.1, 0.15) is 5.75 Å². The molecule has 0 N–H and O–H groups in total. The highest BCUT2D eigenvalue weighted by Gasteiger charge is 2.36. The molecule has 3 heterocycles. The number of hydrogen-bond acceptors (Lipinski definition) is 6. The average molecular weight is 411 g/mol. The highest BCUT2D eigenvalue weighted by molar-refractivity contribution is 6.30. The molecule has 0 amide bonds. The third-order valence-electron chi connectivity index (χ3n) is 4.31. The maximum Gasteiger partial charge on any atom is 0.451 e. The number of benzene rings is 1. The quantitative estimate of drug-likeness (QED) is 0.618. The van der Waals surface area contributed by atoms with Crippen LogP contribution < -0.4 is 4.74 Å². The van der Waals surface area contributed by atoms with Gasteiger partial charge in [-0.2, -0.15) is 13.2 Å². The van der Waals surface area contributed by atoms with Crippen molar-refractivity contribution in [1.82, 2.24) is 19.9 Å². The van der Waals surface area contributed by atoms with E-state index in [0.717, 1.165) is 0 Å². The molecule has 0 bridgehead atoms.